The Kier molecular flexibility index (Phi) is 9.34. The highest BCUT2D eigenvalue weighted by Gasteiger charge is 2.37. The Hall–Kier alpha value is -2.25. The van der Waals surface area contributed by atoms with Gasteiger partial charge < -0.3 is 9.55 Å². The molecule has 1 atom stereocenters. The Morgan fingerprint density at radius 2 is 1.92 bits per heavy atom. The highest BCUT2D eigenvalue weighted by Crippen LogP contribution is 2.34. The summed E-state index contributed by atoms with van der Waals surface area (Å²) < 4.78 is 48.8. The molecule has 7 nitrogen and oxygen atoms in total. The fraction of sp³-hybridized carbons (Fsp3) is 0.360. The largest absolute Gasteiger partial charge is 0.425 e. The van der Waals surface area contributed by atoms with Crippen molar-refractivity contribution in [3.05, 3.63) is 68.1 Å². The first-order chi connectivity index (χ1) is 16.9. The third kappa shape index (κ3) is 6.54. The van der Waals surface area contributed by atoms with Crippen molar-refractivity contribution in [2.45, 2.75) is 44.9 Å². The number of hydrogen-bond acceptors (Lipinski definition) is 6. The van der Waals surface area contributed by atoms with Crippen LogP contribution in [0.3, 0.4) is 0 Å². The Balaban J connectivity index is 2.04. The normalized spacial score (nSPS) is 15.9. The van der Waals surface area contributed by atoms with Crippen molar-refractivity contribution in [2.24, 2.45) is 0 Å². The number of carbonyl (C=O) groups excluding carboxylic acids is 2. The topological polar surface area (TPSA) is 84.0 Å². The Labute approximate surface area is 226 Å². The molecule has 0 aromatic heterocycles. The maximum atomic E-state index is 13.9. The quantitative estimate of drug-likeness (QED) is 0.138. The molecule has 0 fully saturated rings. The number of allylic oxidation sites excluding steroid dienone is 1. The molecule has 2 radical (unpaired) electrons. The van der Waals surface area contributed by atoms with E-state index in [0.29, 0.717) is 57.2 Å². The van der Waals surface area contributed by atoms with Gasteiger partial charge in [-0.1, -0.05) is 18.2 Å². The smallest absolute Gasteiger partial charge is 0.324 e. The molecule has 0 heterocycles. The lowest BCUT2D eigenvalue weighted by Gasteiger charge is -2.32. The SMILES string of the molecule is [B]N(C)CC(=O)Oc1c(C)cc(CN(c2ccc(F)cc2I)S(=O)(=O)C2CCCC=C2C=O)cc1C. The van der Waals surface area contributed by atoms with E-state index in [1.807, 2.05) is 22.6 Å². The summed E-state index contributed by atoms with van der Waals surface area (Å²) in [6.07, 6.45) is 3.89. The lowest BCUT2D eigenvalue weighted by Crippen LogP contribution is -2.41. The van der Waals surface area contributed by atoms with Crippen LogP contribution >= 0.6 is 22.6 Å². The summed E-state index contributed by atoms with van der Waals surface area (Å²) in [4.78, 5) is 25.0. The van der Waals surface area contributed by atoms with Gasteiger partial charge in [0.05, 0.1) is 18.8 Å². The first-order valence-corrected chi connectivity index (χ1v) is 13.9. The number of aldehydes is 1. The molecule has 0 spiro atoms. The number of carbonyl (C=O) groups is 2. The summed E-state index contributed by atoms with van der Waals surface area (Å²) in [5.41, 5.74) is 2.51. The number of benzene rings is 2. The maximum Gasteiger partial charge on any atom is 0.324 e. The van der Waals surface area contributed by atoms with E-state index in [2.05, 4.69) is 0 Å². The fourth-order valence-corrected chi connectivity index (χ4v) is 7.23. The van der Waals surface area contributed by atoms with Crippen LogP contribution in [0.1, 0.15) is 36.0 Å². The second kappa shape index (κ2) is 11.9. The molecule has 0 bridgehead atoms. The number of halogens is 2. The van der Waals surface area contributed by atoms with Crippen molar-refractivity contribution in [1.29, 1.82) is 0 Å². The monoisotopic (exact) mass is 624 g/mol. The molecule has 1 aliphatic rings. The van der Waals surface area contributed by atoms with Crippen LogP contribution in [0.15, 0.2) is 42.0 Å². The van der Waals surface area contributed by atoms with E-state index in [4.69, 9.17) is 12.7 Å². The van der Waals surface area contributed by atoms with E-state index in [1.165, 1.54) is 27.3 Å². The van der Waals surface area contributed by atoms with E-state index in [1.54, 1.807) is 39.1 Å². The van der Waals surface area contributed by atoms with E-state index in [9.17, 15) is 22.4 Å². The number of aryl methyl sites for hydroxylation is 2. The van der Waals surface area contributed by atoms with E-state index in [0.717, 1.165) is 0 Å². The standard InChI is InChI=1S/C25H27BFIN2O5S/c1-16-10-18(11-17(2)25(16)35-24(32)14-29(3)26)13-30(22-9-8-20(27)12-21(22)28)36(33,34)23-7-5-4-6-19(23)15-31/h6,8-12,15,23H,4-5,7,13-14H2,1-3H3. The molecule has 0 aliphatic heterocycles. The summed E-state index contributed by atoms with van der Waals surface area (Å²) in [5, 5.41) is -0.986. The minimum Gasteiger partial charge on any atom is -0.425 e. The molecule has 0 N–H and O–H groups in total. The molecule has 0 amide bonds. The average Bonchev–Trinajstić information content (AvgIpc) is 2.79. The van der Waals surface area contributed by atoms with Crippen LogP contribution in [-0.4, -0.2) is 52.3 Å². The second-order valence-corrected chi connectivity index (χ2v) is 12.0. The van der Waals surface area contributed by atoms with Gasteiger partial charge in [0, 0.05) is 9.14 Å². The first-order valence-electron chi connectivity index (χ1n) is 11.3. The molecule has 1 aliphatic carbocycles. The Morgan fingerprint density at radius 1 is 1.25 bits per heavy atom. The zero-order valence-corrected chi connectivity index (χ0v) is 23.3. The third-order valence-corrected chi connectivity index (χ3v) is 8.88. The molecule has 11 heteroatoms. The molecule has 0 saturated heterocycles. The summed E-state index contributed by atoms with van der Waals surface area (Å²) >= 11 is 1.91. The number of esters is 1. The van der Waals surface area contributed by atoms with E-state index < -0.39 is 27.1 Å². The lowest BCUT2D eigenvalue weighted by molar-refractivity contribution is -0.134. The Morgan fingerprint density at radius 3 is 2.50 bits per heavy atom. The minimum absolute atomic E-state index is 0.0476. The molecule has 3 rings (SSSR count). The molecule has 1 unspecified atom stereocenters. The number of anilines is 1. The molecule has 190 valence electrons. The molecule has 2 aromatic carbocycles. The zero-order valence-electron chi connectivity index (χ0n) is 20.3. The molecule has 36 heavy (non-hydrogen) atoms. The van der Waals surface area contributed by atoms with Gasteiger partial charge in [-0.25, -0.2) is 12.8 Å². The van der Waals surface area contributed by atoms with Crippen molar-refractivity contribution in [3.63, 3.8) is 0 Å². The molecular formula is C25H27BFIN2O5S. The summed E-state index contributed by atoms with van der Waals surface area (Å²) in [6.45, 7) is 3.39. The van der Waals surface area contributed by atoms with Gasteiger partial charge in [0.25, 0.3) is 0 Å². The van der Waals surface area contributed by atoms with Gasteiger partial charge in [-0.3, -0.25) is 13.9 Å². The number of sulfonamides is 1. The fourth-order valence-electron chi connectivity index (χ4n) is 4.27. The van der Waals surface area contributed by atoms with Gasteiger partial charge in [0.2, 0.25) is 10.0 Å². The molecule has 0 saturated carbocycles. The van der Waals surface area contributed by atoms with E-state index >= 15 is 0 Å². The van der Waals surface area contributed by atoms with Crippen LogP contribution in [-0.2, 0) is 26.2 Å². The zero-order chi connectivity index (χ0) is 26.6. The van der Waals surface area contributed by atoms with Gasteiger partial charge in [-0.05, 0) is 97.6 Å². The van der Waals surface area contributed by atoms with Crippen LogP contribution in [0.2, 0.25) is 0 Å². The van der Waals surface area contributed by atoms with Crippen molar-refractivity contribution in [1.82, 2.24) is 4.81 Å². The summed E-state index contributed by atoms with van der Waals surface area (Å²) in [5.74, 6) is -0.614. The summed E-state index contributed by atoms with van der Waals surface area (Å²) in [6, 6.07) is 7.41. The van der Waals surface area contributed by atoms with Gasteiger partial charge in [-0.15, -0.1) is 0 Å². The first kappa shape index (κ1) is 28.3. The number of nitrogens with zero attached hydrogens (tertiary/aromatic N) is 2. The van der Waals surface area contributed by atoms with Gasteiger partial charge in [-0.2, -0.15) is 0 Å². The van der Waals surface area contributed by atoms with Crippen molar-refractivity contribution >= 4 is 58.5 Å². The van der Waals surface area contributed by atoms with Crippen LogP contribution in [0, 0.1) is 23.2 Å². The van der Waals surface area contributed by atoms with E-state index in [-0.39, 0.29) is 18.7 Å². The number of likely N-dealkylation sites (N-methyl/N-ethyl adjacent to an activating group) is 1. The van der Waals surface area contributed by atoms with Crippen LogP contribution in [0.5, 0.6) is 5.75 Å². The van der Waals surface area contributed by atoms with Crippen molar-refractivity contribution in [2.75, 3.05) is 17.9 Å². The van der Waals surface area contributed by atoms with Crippen molar-refractivity contribution < 1.29 is 27.1 Å². The Bertz CT molecular complexity index is 1280. The average molecular weight is 624 g/mol. The van der Waals surface area contributed by atoms with Crippen molar-refractivity contribution in [3.8, 4) is 5.75 Å². The van der Waals surface area contributed by atoms with Crippen LogP contribution < -0.4 is 9.04 Å². The van der Waals surface area contributed by atoms with Gasteiger partial charge in [0.1, 0.15) is 23.1 Å². The predicted octanol–water partition coefficient (Wildman–Crippen LogP) is 3.98. The lowest BCUT2D eigenvalue weighted by atomic mass is 10.0. The van der Waals surface area contributed by atoms with Gasteiger partial charge >= 0.3 is 5.97 Å². The third-order valence-electron chi connectivity index (χ3n) is 5.84. The maximum absolute atomic E-state index is 13.9. The van der Waals surface area contributed by atoms with Crippen LogP contribution in [0.25, 0.3) is 0 Å². The van der Waals surface area contributed by atoms with Crippen LogP contribution in [0.4, 0.5) is 10.1 Å². The summed E-state index contributed by atoms with van der Waals surface area (Å²) in [7, 11) is 3.03. The molecule has 2 aromatic rings. The van der Waals surface area contributed by atoms with Gasteiger partial charge in [0.15, 0.2) is 7.98 Å². The molecular weight excluding hydrogens is 597 g/mol. The highest BCUT2D eigenvalue weighted by molar-refractivity contribution is 14.1. The predicted molar refractivity (Wildman–Crippen MR) is 146 cm³/mol. The number of rotatable bonds is 9. The highest BCUT2D eigenvalue weighted by atomic mass is 127. The minimum atomic E-state index is -4.04. The number of ether oxygens (including phenoxy) is 1. The number of hydrogen-bond donors (Lipinski definition) is 0. The second-order valence-electron chi connectivity index (χ2n) is 8.84.